The van der Waals surface area contributed by atoms with Gasteiger partial charge in [0.15, 0.2) is 5.11 Å². The lowest BCUT2D eigenvalue weighted by molar-refractivity contribution is 0.286. The van der Waals surface area contributed by atoms with Gasteiger partial charge in [-0.15, -0.1) is 11.8 Å². The summed E-state index contributed by atoms with van der Waals surface area (Å²) in [7, 11) is 1.65. The molecule has 3 rings (SSSR count). The lowest BCUT2D eigenvalue weighted by Crippen LogP contribution is -2.39. The van der Waals surface area contributed by atoms with Crippen LogP contribution in [0.5, 0.6) is 11.5 Å². The molecule has 0 spiro atoms. The van der Waals surface area contributed by atoms with Gasteiger partial charge in [-0.05, 0) is 73.2 Å². The van der Waals surface area contributed by atoms with Gasteiger partial charge < -0.3 is 20.1 Å². The second-order valence-corrected chi connectivity index (χ2v) is 8.24. The lowest BCUT2D eigenvalue weighted by atomic mass is 10.2. The van der Waals surface area contributed by atoms with Gasteiger partial charge in [0.1, 0.15) is 18.1 Å². The van der Waals surface area contributed by atoms with Crippen LogP contribution in [0.4, 0.5) is 5.69 Å². The predicted octanol–water partition coefficient (Wildman–Crippen LogP) is 5.74. The van der Waals surface area contributed by atoms with Gasteiger partial charge in [-0.1, -0.05) is 30.3 Å². The maximum atomic E-state index is 5.79. The summed E-state index contributed by atoms with van der Waals surface area (Å²) in [5.41, 5.74) is 2.23. The Morgan fingerprint density at radius 1 is 0.933 bits per heavy atom. The quantitative estimate of drug-likeness (QED) is 0.328. The van der Waals surface area contributed by atoms with Crippen LogP contribution >= 0.6 is 24.0 Å². The summed E-state index contributed by atoms with van der Waals surface area (Å²) < 4.78 is 10.9. The Bertz CT molecular complexity index is 916. The zero-order valence-corrected chi connectivity index (χ0v) is 18.8. The van der Waals surface area contributed by atoms with Crippen molar-refractivity contribution in [2.24, 2.45) is 0 Å². The molecule has 0 aromatic heterocycles. The molecule has 0 heterocycles. The van der Waals surface area contributed by atoms with Crippen molar-refractivity contribution in [3.63, 3.8) is 0 Å². The summed E-state index contributed by atoms with van der Waals surface area (Å²) in [6.45, 7) is 2.53. The molecule has 0 fully saturated rings. The largest absolute Gasteiger partial charge is 0.497 e. The van der Waals surface area contributed by atoms with Gasteiger partial charge in [0, 0.05) is 16.3 Å². The van der Waals surface area contributed by atoms with Crippen LogP contribution in [-0.4, -0.2) is 24.9 Å². The second kappa shape index (κ2) is 11.5. The number of thioether (sulfide) groups is 1. The van der Waals surface area contributed by atoms with Crippen LogP contribution in [0, 0.1) is 0 Å². The highest BCUT2D eigenvalue weighted by atomic mass is 32.2. The highest BCUT2D eigenvalue weighted by Crippen LogP contribution is 2.23. The minimum atomic E-state index is 0.0636. The van der Waals surface area contributed by atoms with E-state index < -0.39 is 0 Å². The first-order chi connectivity index (χ1) is 14.6. The third-order valence-electron chi connectivity index (χ3n) is 4.30. The fraction of sp³-hybridized carbons (Fsp3) is 0.208. The average molecular weight is 439 g/mol. The predicted molar refractivity (Wildman–Crippen MR) is 130 cm³/mol. The Kier molecular flexibility index (Phi) is 8.41. The first-order valence-electron chi connectivity index (χ1n) is 9.73. The molecule has 1 atom stereocenters. The highest BCUT2D eigenvalue weighted by Gasteiger charge is 2.06. The smallest absolute Gasteiger partial charge is 0.171 e. The number of methoxy groups -OCH3 is 1. The summed E-state index contributed by atoms with van der Waals surface area (Å²) in [5.74, 6) is 2.54. The number of anilines is 1. The van der Waals surface area contributed by atoms with Gasteiger partial charge >= 0.3 is 0 Å². The molecular weight excluding hydrogens is 412 g/mol. The molecule has 4 nitrogen and oxygen atoms in total. The molecule has 0 saturated heterocycles. The van der Waals surface area contributed by atoms with E-state index in [0.29, 0.717) is 11.7 Å². The summed E-state index contributed by atoms with van der Waals surface area (Å²) >= 11 is 7.25. The van der Waals surface area contributed by atoms with Crippen molar-refractivity contribution in [3.8, 4) is 11.5 Å². The third kappa shape index (κ3) is 7.28. The van der Waals surface area contributed by atoms with E-state index in [0.717, 1.165) is 22.9 Å². The van der Waals surface area contributed by atoms with E-state index in [2.05, 4.69) is 47.0 Å². The molecule has 0 unspecified atom stereocenters. The topological polar surface area (TPSA) is 42.5 Å². The number of thiocarbonyl (C=S) groups is 1. The highest BCUT2D eigenvalue weighted by molar-refractivity contribution is 7.98. The lowest BCUT2D eigenvalue weighted by Gasteiger charge is -2.18. The standard InChI is InChI=1S/C24H26N2O2S2/c1-18(16-28-22-14-12-21(27-2)13-15-22)25-24(29)26-20-10-8-19(9-11-20)17-30-23-6-4-3-5-7-23/h3-15,18H,16-17H2,1-2H3,(H2,25,26,29)/t18-/m0/s1. The van der Waals surface area contributed by atoms with E-state index in [9.17, 15) is 0 Å². The average Bonchev–Trinajstić information content (AvgIpc) is 2.78. The minimum absolute atomic E-state index is 0.0636. The van der Waals surface area contributed by atoms with Crippen molar-refractivity contribution < 1.29 is 9.47 Å². The van der Waals surface area contributed by atoms with Crippen molar-refractivity contribution in [3.05, 3.63) is 84.4 Å². The number of rotatable bonds is 9. The fourth-order valence-electron chi connectivity index (χ4n) is 2.69. The first kappa shape index (κ1) is 22.0. The molecular formula is C24H26N2O2S2. The van der Waals surface area contributed by atoms with Crippen LogP contribution in [0.3, 0.4) is 0 Å². The summed E-state index contributed by atoms with van der Waals surface area (Å²) in [6, 6.07) is 26.4. The van der Waals surface area contributed by atoms with E-state index in [1.54, 1.807) is 7.11 Å². The van der Waals surface area contributed by atoms with Crippen LogP contribution in [-0.2, 0) is 5.75 Å². The first-order valence-corrected chi connectivity index (χ1v) is 11.1. The molecule has 0 aliphatic rings. The van der Waals surface area contributed by atoms with Crippen LogP contribution < -0.4 is 20.1 Å². The van der Waals surface area contributed by atoms with Crippen molar-refractivity contribution in [1.82, 2.24) is 5.32 Å². The van der Waals surface area contributed by atoms with E-state index in [4.69, 9.17) is 21.7 Å². The van der Waals surface area contributed by atoms with Crippen molar-refractivity contribution in [2.75, 3.05) is 19.0 Å². The minimum Gasteiger partial charge on any atom is -0.497 e. The van der Waals surface area contributed by atoms with Crippen LogP contribution in [0.2, 0.25) is 0 Å². The Morgan fingerprint density at radius 2 is 1.60 bits per heavy atom. The van der Waals surface area contributed by atoms with Crippen LogP contribution in [0.15, 0.2) is 83.8 Å². The van der Waals surface area contributed by atoms with E-state index in [1.807, 2.05) is 61.2 Å². The van der Waals surface area contributed by atoms with Crippen LogP contribution in [0.1, 0.15) is 12.5 Å². The monoisotopic (exact) mass is 438 g/mol. The Hall–Kier alpha value is -2.70. The summed E-state index contributed by atoms with van der Waals surface area (Å²) in [5, 5.41) is 7.05. The maximum Gasteiger partial charge on any atom is 0.171 e. The van der Waals surface area contributed by atoms with Crippen LogP contribution in [0.25, 0.3) is 0 Å². The normalized spacial score (nSPS) is 11.4. The van der Waals surface area contributed by atoms with Gasteiger partial charge in [0.25, 0.3) is 0 Å². The van der Waals surface area contributed by atoms with E-state index in [1.165, 1.54) is 10.5 Å². The van der Waals surface area contributed by atoms with Gasteiger partial charge in [0.2, 0.25) is 0 Å². The second-order valence-electron chi connectivity index (χ2n) is 6.78. The molecule has 3 aromatic carbocycles. The molecule has 0 radical (unpaired) electrons. The van der Waals surface area contributed by atoms with Gasteiger partial charge in [0.05, 0.1) is 13.2 Å². The number of hydrogen-bond acceptors (Lipinski definition) is 4. The summed E-state index contributed by atoms with van der Waals surface area (Å²) in [4.78, 5) is 1.27. The number of hydrogen-bond donors (Lipinski definition) is 2. The fourth-order valence-corrected chi connectivity index (χ4v) is 3.89. The molecule has 3 aromatic rings. The molecule has 0 amide bonds. The number of ether oxygens (including phenoxy) is 2. The molecule has 6 heteroatoms. The Labute approximate surface area is 188 Å². The maximum absolute atomic E-state index is 5.79. The summed E-state index contributed by atoms with van der Waals surface area (Å²) in [6.07, 6.45) is 0. The number of nitrogens with one attached hydrogen (secondary N) is 2. The van der Waals surface area contributed by atoms with Crippen molar-refractivity contribution >= 4 is 34.8 Å². The molecule has 156 valence electrons. The molecule has 0 saturated carbocycles. The third-order valence-corrected chi connectivity index (χ3v) is 5.60. The molecule has 0 aliphatic carbocycles. The van der Waals surface area contributed by atoms with E-state index in [-0.39, 0.29) is 6.04 Å². The number of benzene rings is 3. The van der Waals surface area contributed by atoms with Gasteiger partial charge in [-0.3, -0.25) is 0 Å². The zero-order chi connectivity index (χ0) is 21.2. The molecule has 30 heavy (non-hydrogen) atoms. The molecule has 2 N–H and O–H groups in total. The Morgan fingerprint density at radius 3 is 2.27 bits per heavy atom. The van der Waals surface area contributed by atoms with Gasteiger partial charge in [-0.2, -0.15) is 0 Å². The molecule has 0 bridgehead atoms. The van der Waals surface area contributed by atoms with Gasteiger partial charge in [-0.25, -0.2) is 0 Å². The SMILES string of the molecule is COc1ccc(OC[C@H](C)NC(=S)Nc2ccc(CSc3ccccc3)cc2)cc1. The van der Waals surface area contributed by atoms with E-state index >= 15 is 0 Å². The van der Waals surface area contributed by atoms with Crippen molar-refractivity contribution in [2.45, 2.75) is 23.6 Å². The van der Waals surface area contributed by atoms with Crippen molar-refractivity contribution in [1.29, 1.82) is 0 Å². The Balaban J connectivity index is 1.40. The molecule has 0 aliphatic heterocycles. The zero-order valence-electron chi connectivity index (χ0n) is 17.1.